The number of hydrogen-bond donors (Lipinski definition) is 1. The van der Waals surface area contributed by atoms with Gasteiger partial charge in [-0.3, -0.25) is 4.90 Å². The normalized spacial score (nSPS) is 38.8. The first kappa shape index (κ1) is 11.0. The molecule has 0 amide bonds. The first-order valence-corrected chi connectivity index (χ1v) is 7.33. The summed E-state index contributed by atoms with van der Waals surface area (Å²) in [5, 5.41) is 0. The maximum Gasteiger partial charge on any atom is 0.0334 e. The molecule has 1 aliphatic heterocycles. The zero-order chi connectivity index (χ0) is 11.0. The van der Waals surface area contributed by atoms with Gasteiger partial charge in [0.15, 0.2) is 0 Å². The van der Waals surface area contributed by atoms with E-state index in [1.165, 1.54) is 64.3 Å². The maximum absolute atomic E-state index is 6.08. The van der Waals surface area contributed by atoms with Gasteiger partial charge in [-0.1, -0.05) is 12.8 Å². The second kappa shape index (κ2) is 4.30. The van der Waals surface area contributed by atoms with Crippen molar-refractivity contribution >= 4 is 0 Å². The third-order valence-electron chi connectivity index (χ3n) is 5.52. The number of nitrogens with zero attached hydrogens (tertiary/aromatic N) is 1. The van der Waals surface area contributed by atoms with Crippen LogP contribution < -0.4 is 5.73 Å². The maximum atomic E-state index is 6.08. The van der Waals surface area contributed by atoms with Crippen LogP contribution in [0.25, 0.3) is 0 Å². The fraction of sp³-hybridized carbons (Fsp3) is 1.00. The molecule has 0 radical (unpaired) electrons. The summed E-state index contributed by atoms with van der Waals surface area (Å²) in [4.78, 5) is 2.85. The Morgan fingerprint density at radius 2 is 1.75 bits per heavy atom. The molecule has 3 aliphatic rings. The van der Waals surface area contributed by atoms with E-state index in [-0.39, 0.29) is 0 Å². The zero-order valence-corrected chi connectivity index (χ0v) is 10.5. The van der Waals surface area contributed by atoms with Gasteiger partial charge in [-0.05, 0) is 57.4 Å². The van der Waals surface area contributed by atoms with Gasteiger partial charge in [0, 0.05) is 18.1 Å². The van der Waals surface area contributed by atoms with E-state index in [4.69, 9.17) is 5.73 Å². The van der Waals surface area contributed by atoms with Crippen LogP contribution in [0.1, 0.15) is 57.8 Å². The van der Waals surface area contributed by atoms with Gasteiger partial charge in [-0.15, -0.1) is 0 Å². The smallest absolute Gasteiger partial charge is 0.0334 e. The minimum Gasteiger partial charge on any atom is -0.329 e. The Balaban J connectivity index is 1.77. The van der Waals surface area contributed by atoms with Crippen molar-refractivity contribution in [2.24, 2.45) is 11.7 Å². The standard InChI is InChI=1S/C14H26N2/c15-11-14(8-4-9-14)16-10-3-6-12-5-1-2-7-13(12)16/h12-13H,1-11,15H2. The van der Waals surface area contributed by atoms with Crippen LogP contribution in [0.5, 0.6) is 0 Å². The van der Waals surface area contributed by atoms with E-state index >= 15 is 0 Å². The van der Waals surface area contributed by atoms with Crippen molar-refractivity contribution in [2.45, 2.75) is 69.4 Å². The first-order chi connectivity index (χ1) is 7.86. The number of piperidine rings is 1. The highest BCUT2D eigenvalue weighted by Gasteiger charge is 2.47. The third-order valence-corrected chi connectivity index (χ3v) is 5.52. The van der Waals surface area contributed by atoms with E-state index in [1.807, 2.05) is 0 Å². The molecule has 2 aliphatic carbocycles. The highest BCUT2D eigenvalue weighted by molar-refractivity contribution is 5.04. The van der Waals surface area contributed by atoms with Gasteiger partial charge in [0.05, 0.1) is 0 Å². The van der Waals surface area contributed by atoms with E-state index < -0.39 is 0 Å². The molecule has 0 aromatic rings. The second-order valence-electron chi connectivity index (χ2n) is 6.23. The SMILES string of the molecule is NCC1(N2CCCC3CCCCC32)CCC1. The molecule has 1 heterocycles. The second-order valence-corrected chi connectivity index (χ2v) is 6.23. The molecule has 92 valence electrons. The molecule has 2 saturated carbocycles. The van der Waals surface area contributed by atoms with Crippen molar-refractivity contribution in [1.29, 1.82) is 0 Å². The lowest BCUT2D eigenvalue weighted by Gasteiger charge is -2.57. The summed E-state index contributed by atoms with van der Waals surface area (Å²) in [6.45, 7) is 2.23. The van der Waals surface area contributed by atoms with Crippen LogP contribution in [-0.2, 0) is 0 Å². The highest BCUT2D eigenvalue weighted by Crippen LogP contribution is 2.45. The third kappa shape index (κ3) is 1.62. The van der Waals surface area contributed by atoms with Crippen LogP contribution in [0.15, 0.2) is 0 Å². The molecule has 2 atom stereocenters. The van der Waals surface area contributed by atoms with Gasteiger partial charge in [0.1, 0.15) is 0 Å². The Bertz CT molecular complexity index is 240. The van der Waals surface area contributed by atoms with Crippen LogP contribution >= 0.6 is 0 Å². The van der Waals surface area contributed by atoms with Crippen molar-refractivity contribution in [1.82, 2.24) is 4.90 Å². The summed E-state index contributed by atoms with van der Waals surface area (Å²) in [7, 11) is 0. The average Bonchev–Trinajstić information content (AvgIpc) is 2.29. The fourth-order valence-electron chi connectivity index (χ4n) is 4.41. The van der Waals surface area contributed by atoms with E-state index in [2.05, 4.69) is 4.90 Å². The summed E-state index contributed by atoms with van der Waals surface area (Å²) in [5.41, 5.74) is 6.51. The monoisotopic (exact) mass is 222 g/mol. The average molecular weight is 222 g/mol. The van der Waals surface area contributed by atoms with Crippen LogP contribution in [-0.4, -0.2) is 29.6 Å². The highest BCUT2D eigenvalue weighted by atomic mass is 15.3. The van der Waals surface area contributed by atoms with Crippen molar-refractivity contribution < 1.29 is 0 Å². The summed E-state index contributed by atoms with van der Waals surface area (Å²) >= 11 is 0. The van der Waals surface area contributed by atoms with Crippen molar-refractivity contribution in [3.63, 3.8) is 0 Å². The van der Waals surface area contributed by atoms with Gasteiger partial charge < -0.3 is 5.73 Å². The Labute approximate surface area is 99.6 Å². The summed E-state index contributed by atoms with van der Waals surface area (Å²) in [5.74, 6) is 1.01. The number of fused-ring (bicyclic) bond motifs is 1. The Morgan fingerprint density at radius 1 is 1.00 bits per heavy atom. The topological polar surface area (TPSA) is 29.3 Å². The van der Waals surface area contributed by atoms with E-state index in [1.54, 1.807) is 0 Å². The lowest BCUT2D eigenvalue weighted by molar-refractivity contribution is -0.0634. The van der Waals surface area contributed by atoms with Crippen LogP contribution in [0.2, 0.25) is 0 Å². The molecule has 0 bridgehead atoms. The molecule has 2 unspecified atom stereocenters. The molecule has 2 nitrogen and oxygen atoms in total. The molecule has 1 saturated heterocycles. The van der Waals surface area contributed by atoms with Gasteiger partial charge in [0.2, 0.25) is 0 Å². The largest absolute Gasteiger partial charge is 0.329 e. The van der Waals surface area contributed by atoms with Crippen molar-refractivity contribution in [3.8, 4) is 0 Å². The molecular weight excluding hydrogens is 196 g/mol. The van der Waals surface area contributed by atoms with Crippen LogP contribution in [0, 0.1) is 5.92 Å². The predicted molar refractivity (Wildman–Crippen MR) is 67.3 cm³/mol. The van der Waals surface area contributed by atoms with E-state index in [0.717, 1.165) is 18.5 Å². The minimum absolute atomic E-state index is 0.431. The number of rotatable bonds is 2. The van der Waals surface area contributed by atoms with Gasteiger partial charge in [-0.25, -0.2) is 0 Å². The molecular formula is C14H26N2. The van der Waals surface area contributed by atoms with Crippen LogP contribution in [0.3, 0.4) is 0 Å². The Kier molecular flexibility index (Phi) is 2.97. The van der Waals surface area contributed by atoms with E-state index in [0.29, 0.717) is 5.54 Å². The van der Waals surface area contributed by atoms with Crippen molar-refractivity contribution in [3.05, 3.63) is 0 Å². The van der Waals surface area contributed by atoms with E-state index in [9.17, 15) is 0 Å². The molecule has 2 N–H and O–H groups in total. The molecule has 0 aromatic carbocycles. The zero-order valence-electron chi connectivity index (χ0n) is 10.5. The fourth-order valence-corrected chi connectivity index (χ4v) is 4.41. The molecule has 16 heavy (non-hydrogen) atoms. The quantitative estimate of drug-likeness (QED) is 0.778. The van der Waals surface area contributed by atoms with Gasteiger partial charge in [-0.2, -0.15) is 0 Å². The summed E-state index contributed by atoms with van der Waals surface area (Å²) in [6, 6.07) is 0.895. The summed E-state index contributed by atoms with van der Waals surface area (Å²) < 4.78 is 0. The Morgan fingerprint density at radius 3 is 2.44 bits per heavy atom. The van der Waals surface area contributed by atoms with Crippen molar-refractivity contribution in [2.75, 3.05) is 13.1 Å². The first-order valence-electron chi connectivity index (χ1n) is 7.33. The molecule has 2 heteroatoms. The lowest BCUT2D eigenvalue weighted by Crippen LogP contribution is -2.64. The minimum atomic E-state index is 0.431. The predicted octanol–water partition coefficient (Wildman–Crippen LogP) is 2.52. The van der Waals surface area contributed by atoms with Gasteiger partial charge >= 0.3 is 0 Å². The molecule has 3 fully saturated rings. The Hall–Kier alpha value is -0.0800. The summed E-state index contributed by atoms with van der Waals surface area (Å²) in [6.07, 6.45) is 12.9. The number of likely N-dealkylation sites (tertiary alicyclic amines) is 1. The van der Waals surface area contributed by atoms with Gasteiger partial charge in [0.25, 0.3) is 0 Å². The number of hydrogen-bond acceptors (Lipinski definition) is 2. The lowest BCUT2D eigenvalue weighted by atomic mass is 9.69. The molecule has 0 spiro atoms. The molecule has 3 rings (SSSR count). The number of nitrogens with two attached hydrogens (primary N) is 1. The van der Waals surface area contributed by atoms with Crippen LogP contribution in [0.4, 0.5) is 0 Å². The molecule has 0 aromatic heterocycles.